The summed E-state index contributed by atoms with van der Waals surface area (Å²) in [6.45, 7) is 9.79. The van der Waals surface area contributed by atoms with Crippen LogP contribution in [0.3, 0.4) is 0 Å². The second kappa shape index (κ2) is 13.1. The SMILES string of the molecule is CC1C(CN2CCCC2C(=O)OC(C)(C)C)OC(c2cccc(-c3cccc(CN)c3)c2)OC1c1ccc(CO)cc1. The third kappa shape index (κ3) is 7.10. The largest absolute Gasteiger partial charge is 0.459 e. The fraction of sp³-hybridized carbons (Fsp3) is 0.457. The molecule has 5 unspecified atom stereocenters. The summed E-state index contributed by atoms with van der Waals surface area (Å²) in [4.78, 5) is 15.3. The Hall–Kier alpha value is -3.07. The minimum Gasteiger partial charge on any atom is -0.459 e. The number of benzene rings is 3. The molecule has 2 heterocycles. The fourth-order valence-corrected chi connectivity index (χ4v) is 5.98. The van der Waals surface area contributed by atoms with E-state index in [-0.39, 0.29) is 36.7 Å². The molecule has 0 bridgehead atoms. The van der Waals surface area contributed by atoms with Gasteiger partial charge >= 0.3 is 5.97 Å². The van der Waals surface area contributed by atoms with Gasteiger partial charge in [0, 0.05) is 24.6 Å². The predicted molar refractivity (Wildman–Crippen MR) is 163 cm³/mol. The molecular weight excluding hydrogens is 528 g/mol. The van der Waals surface area contributed by atoms with Crippen molar-refractivity contribution in [2.24, 2.45) is 11.7 Å². The first-order valence-corrected chi connectivity index (χ1v) is 15.0. The summed E-state index contributed by atoms with van der Waals surface area (Å²) in [5.74, 6) is -0.148. The lowest BCUT2D eigenvalue weighted by Gasteiger charge is -2.43. The van der Waals surface area contributed by atoms with Gasteiger partial charge in [-0.25, -0.2) is 0 Å². The number of ether oxygens (including phenoxy) is 3. The van der Waals surface area contributed by atoms with Crippen molar-refractivity contribution in [3.05, 3.63) is 95.1 Å². The standard InChI is InChI=1S/C35H44N2O5/c1-23-31(21-37-17-7-12-30(37)33(39)42-35(2,3)4)40-34(41-32(23)26-15-13-24(22-38)14-16-26)29-11-6-10-28(19-29)27-9-5-8-25(18-27)20-36/h5-6,8-11,13-16,18-19,23,30-32,34,38H,7,12,17,20-22,36H2,1-4H3. The van der Waals surface area contributed by atoms with Crippen LogP contribution in [-0.4, -0.2) is 46.8 Å². The molecular formula is C35H44N2O5. The van der Waals surface area contributed by atoms with Crippen LogP contribution in [0.5, 0.6) is 0 Å². The van der Waals surface area contributed by atoms with Crippen LogP contribution in [0.4, 0.5) is 0 Å². The van der Waals surface area contributed by atoms with Crippen molar-refractivity contribution in [3.8, 4) is 11.1 Å². The quantitative estimate of drug-likeness (QED) is 0.325. The Bertz CT molecular complexity index is 1350. The van der Waals surface area contributed by atoms with Crippen molar-refractivity contribution in [1.82, 2.24) is 4.90 Å². The van der Waals surface area contributed by atoms with Gasteiger partial charge < -0.3 is 25.1 Å². The average molecular weight is 573 g/mol. The Morgan fingerprint density at radius 2 is 1.69 bits per heavy atom. The highest BCUT2D eigenvalue weighted by Crippen LogP contribution is 2.43. The first-order chi connectivity index (χ1) is 20.1. The first-order valence-electron chi connectivity index (χ1n) is 15.0. The molecule has 0 amide bonds. The lowest BCUT2D eigenvalue weighted by Crippen LogP contribution is -2.48. The molecule has 2 saturated heterocycles. The van der Waals surface area contributed by atoms with Gasteiger partial charge in [0.25, 0.3) is 0 Å². The molecule has 0 radical (unpaired) electrons. The van der Waals surface area contributed by atoms with Gasteiger partial charge in [0.2, 0.25) is 0 Å². The van der Waals surface area contributed by atoms with Crippen molar-refractivity contribution in [3.63, 3.8) is 0 Å². The molecule has 0 aromatic heterocycles. The number of esters is 1. The van der Waals surface area contributed by atoms with Gasteiger partial charge in [-0.05, 0) is 80.1 Å². The van der Waals surface area contributed by atoms with Crippen LogP contribution >= 0.6 is 0 Å². The van der Waals surface area contributed by atoms with Gasteiger partial charge in [-0.15, -0.1) is 0 Å². The summed E-state index contributed by atoms with van der Waals surface area (Å²) in [6, 6.07) is 24.2. The van der Waals surface area contributed by atoms with Gasteiger partial charge in [-0.2, -0.15) is 0 Å². The van der Waals surface area contributed by atoms with E-state index in [1.807, 2.05) is 69.3 Å². The van der Waals surface area contributed by atoms with Crippen molar-refractivity contribution >= 4 is 5.97 Å². The van der Waals surface area contributed by atoms with Crippen LogP contribution in [-0.2, 0) is 32.2 Å². The normalized spacial score (nSPS) is 25.0. The summed E-state index contributed by atoms with van der Waals surface area (Å²) in [6.07, 6.45) is 0.730. The Morgan fingerprint density at radius 1 is 0.976 bits per heavy atom. The molecule has 42 heavy (non-hydrogen) atoms. The predicted octanol–water partition coefficient (Wildman–Crippen LogP) is 5.90. The number of aliphatic hydroxyl groups is 1. The number of carbonyl (C=O) groups is 1. The van der Waals surface area contributed by atoms with Crippen LogP contribution in [0.15, 0.2) is 72.8 Å². The van der Waals surface area contributed by atoms with Gasteiger partial charge in [0.1, 0.15) is 11.6 Å². The highest BCUT2D eigenvalue weighted by atomic mass is 16.7. The lowest BCUT2D eigenvalue weighted by atomic mass is 9.89. The number of rotatable bonds is 8. The smallest absolute Gasteiger partial charge is 0.323 e. The monoisotopic (exact) mass is 572 g/mol. The van der Waals surface area contributed by atoms with Crippen LogP contribution in [0, 0.1) is 5.92 Å². The zero-order chi connectivity index (χ0) is 29.9. The molecule has 0 spiro atoms. The molecule has 7 nitrogen and oxygen atoms in total. The second-order valence-electron chi connectivity index (χ2n) is 12.5. The molecule has 3 aromatic rings. The fourth-order valence-electron chi connectivity index (χ4n) is 5.98. The zero-order valence-electron chi connectivity index (χ0n) is 25.2. The molecule has 3 aromatic carbocycles. The molecule has 2 aliphatic rings. The summed E-state index contributed by atoms with van der Waals surface area (Å²) < 4.78 is 19.2. The number of nitrogens with two attached hydrogens (primary N) is 1. The minimum absolute atomic E-state index is 0.00508. The maximum atomic E-state index is 13.1. The zero-order valence-corrected chi connectivity index (χ0v) is 25.2. The Balaban J connectivity index is 1.43. The van der Waals surface area contributed by atoms with E-state index in [1.165, 1.54) is 0 Å². The van der Waals surface area contributed by atoms with E-state index in [4.69, 9.17) is 19.9 Å². The van der Waals surface area contributed by atoms with Gasteiger partial charge in [-0.1, -0.05) is 67.6 Å². The first kappa shape index (κ1) is 30.4. The van der Waals surface area contributed by atoms with E-state index in [0.717, 1.165) is 52.8 Å². The lowest BCUT2D eigenvalue weighted by molar-refractivity contribution is -0.276. The number of hydrogen-bond donors (Lipinski definition) is 2. The highest BCUT2D eigenvalue weighted by molar-refractivity contribution is 5.76. The van der Waals surface area contributed by atoms with E-state index in [9.17, 15) is 9.90 Å². The number of aliphatic hydroxyl groups excluding tert-OH is 1. The van der Waals surface area contributed by atoms with Crippen molar-refractivity contribution in [1.29, 1.82) is 0 Å². The average Bonchev–Trinajstić information content (AvgIpc) is 3.46. The van der Waals surface area contributed by atoms with Crippen LogP contribution in [0.2, 0.25) is 0 Å². The molecule has 5 atom stereocenters. The van der Waals surface area contributed by atoms with E-state index in [2.05, 4.69) is 36.1 Å². The van der Waals surface area contributed by atoms with Gasteiger partial charge in [0.05, 0.1) is 18.8 Å². The number of likely N-dealkylation sites (tertiary alicyclic amines) is 1. The summed E-state index contributed by atoms with van der Waals surface area (Å²) in [5.41, 5.74) is 11.4. The summed E-state index contributed by atoms with van der Waals surface area (Å²) in [7, 11) is 0. The summed E-state index contributed by atoms with van der Waals surface area (Å²) >= 11 is 0. The van der Waals surface area contributed by atoms with Gasteiger partial charge in [0.15, 0.2) is 6.29 Å². The van der Waals surface area contributed by atoms with Crippen LogP contribution in [0.25, 0.3) is 11.1 Å². The molecule has 5 rings (SSSR count). The van der Waals surface area contributed by atoms with E-state index >= 15 is 0 Å². The third-order valence-electron chi connectivity index (χ3n) is 8.24. The summed E-state index contributed by atoms with van der Waals surface area (Å²) in [5, 5.41) is 9.57. The maximum absolute atomic E-state index is 13.1. The number of hydrogen-bond acceptors (Lipinski definition) is 7. The Kier molecular flexibility index (Phi) is 9.45. The highest BCUT2D eigenvalue weighted by Gasteiger charge is 2.42. The molecule has 7 heteroatoms. The molecule has 0 aliphatic carbocycles. The minimum atomic E-state index is -0.589. The van der Waals surface area contributed by atoms with Crippen LogP contribution in [0.1, 0.15) is 75.2 Å². The van der Waals surface area contributed by atoms with E-state index in [0.29, 0.717) is 13.1 Å². The number of nitrogens with zero attached hydrogens (tertiary/aromatic N) is 1. The Labute approximate surface area is 249 Å². The third-order valence-corrected chi connectivity index (χ3v) is 8.24. The molecule has 0 saturated carbocycles. The number of carbonyl (C=O) groups excluding carboxylic acids is 1. The van der Waals surface area contributed by atoms with E-state index in [1.54, 1.807) is 0 Å². The maximum Gasteiger partial charge on any atom is 0.323 e. The molecule has 2 aliphatic heterocycles. The van der Waals surface area contributed by atoms with Crippen molar-refractivity contribution in [2.45, 2.75) is 83.8 Å². The molecule has 2 fully saturated rings. The Morgan fingerprint density at radius 3 is 2.38 bits per heavy atom. The van der Waals surface area contributed by atoms with Gasteiger partial charge in [-0.3, -0.25) is 9.69 Å². The van der Waals surface area contributed by atoms with Crippen molar-refractivity contribution < 1.29 is 24.1 Å². The molecule has 3 N–H and O–H groups in total. The second-order valence-corrected chi connectivity index (χ2v) is 12.5. The van der Waals surface area contributed by atoms with Crippen LogP contribution < -0.4 is 5.73 Å². The van der Waals surface area contributed by atoms with E-state index < -0.39 is 11.9 Å². The van der Waals surface area contributed by atoms with Crippen molar-refractivity contribution in [2.75, 3.05) is 13.1 Å². The molecule has 224 valence electrons. The topological polar surface area (TPSA) is 94.3 Å².